The molecule has 0 saturated carbocycles. The molecule has 2 atom stereocenters. The van der Waals surface area contributed by atoms with Gasteiger partial charge in [0.2, 0.25) is 0 Å². The van der Waals surface area contributed by atoms with E-state index in [1.807, 2.05) is 17.0 Å². The molecule has 0 radical (unpaired) electrons. The van der Waals surface area contributed by atoms with Crippen molar-refractivity contribution in [2.45, 2.75) is 45.2 Å². The van der Waals surface area contributed by atoms with Crippen molar-refractivity contribution in [3.63, 3.8) is 0 Å². The molecule has 0 aromatic carbocycles. The summed E-state index contributed by atoms with van der Waals surface area (Å²) in [5, 5.41) is 8.67. The third kappa shape index (κ3) is 2.99. The maximum Gasteiger partial charge on any atom is 0.264 e. The molecule has 0 aliphatic carbocycles. The van der Waals surface area contributed by atoms with Gasteiger partial charge >= 0.3 is 0 Å². The van der Waals surface area contributed by atoms with Gasteiger partial charge in [-0.2, -0.15) is 0 Å². The highest BCUT2D eigenvalue weighted by atomic mass is 32.1. The first-order valence-corrected chi connectivity index (χ1v) is 7.51. The molecule has 1 aliphatic heterocycles. The summed E-state index contributed by atoms with van der Waals surface area (Å²) in [4.78, 5) is 16.2. The van der Waals surface area contributed by atoms with Crippen molar-refractivity contribution in [1.29, 1.82) is 0 Å². The van der Waals surface area contributed by atoms with E-state index in [1.54, 1.807) is 0 Å². The molecular formula is C15H19NO2S. The molecule has 4 heteroatoms. The molecule has 0 spiro atoms. The molecule has 102 valence electrons. The highest BCUT2D eigenvalue weighted by Gasteiger charge is 2.34. The van der Waals surface area contributed by atoms with Crippen LogP contribution in [0.2, 0.25) is 0 Å². The maximum absolute atomic E-state index is 12.6. The number of aliphatic hydroxyl groups is 1. The van der Waals surface area contributed by atoms with E-state index < -0.39 is 0 Å². The van der Waals surface area contributed by atoms with Crippen LogP contribution in [0, 0.1) is 11.8 Å². The number of nitrogens with zero attached hydrogens (tertiary/aromatic N) is 1. The van der Waals surface area contributed by atoms with Gasteiger partial charge in [0.05, 0.1) is 9.75 Å². The van der Waals surface area contributed by atoms with Gasteiger partial charge in [-0.15, -0.1) is 11.3 Å². The van der Waals surface area contributed by atoms with Gasteiger partial charge < -0.3 is 10.0 Å². The fraction of sp³-hybridized carbons (Fsp3) is 0.533. The highest BCUT2D eigenvalue weighted by Crippen LogP contribution is 2.29. The number of aliphatic hydroxyl groups excluding tert-OH is 1. The van der Waals surface area contributed by atoms with Crippen LogP contribution in [-0.2, 0) is 0 Å². The minimum atomic E-state index is -0.151. The van der Waals surface area contributed by atoms with Crippen LogP contribution in [0.25, 0.3) is 0 Å². The molecule has 2 heterocycles. The molecule has 1 aromatic heterocycles. The summed E-state index contributed by atoms with van der Waals surface area (Å²) in [6.07, 6.45) is 3.21. The predicted octanol–water partition coefficient (Wildman–Crippen LogP) is 2.50. The Bertz CT molecular complexity index is 512. The first-order chi connectivity index (χ1) is 9.17. The number of thiophene rings is 1. The Hall–Kier alpha value is -1.31. The number of carbonyl (C=O) groups is 1. The fourth-order valence-electron chi connectivity index (χ4n) is 2.61. The Morgan fingerprint density at radius 1 is 1.53 bits per heavy atom. The van der Waals surface area contributed by atoms with Crippen molar-refractivity contribution in [3.05, 3.63) is 21.9 Å². The zero-order valence-electron chi connectivity index (χ0n) is 11.3. The molecule has 1 amide bonds. The van der Waals surface area contributed by atoms with Gasteiger partial charge in [0.1, 0.15) is 6.61 Å². The van der Waals surface area contributed by atoms with Crippen LogP contribution < -0.4 is 0 Å². The second kappa shape index (κ2) is 6.23. The van der Waals surface area contributed by atoms with Crippen LogP contribution in [0.3, 0.4) is 0 Å². The Morgan fingerprint density at radius 2 is 2.32 bits per heavy atom. The molecule has 19 heavy (non-hydrogen) atoms. The van der Waals surface area contributed by atoms with Crippen molar-refractivity contribution in [2.75, 3.05) is 6.61 Å². The van der Waals surface area contributed by atoms with E-state index >= 15 is 0 Å². The third-order valence-electron chi connectivity index (χ3n) is 3.60. The van der Waals surface area contributed by atoms with Gasteiger partial charge in [-0.3, -0.25) is 4.79 Å². The van der Waals surface area contributed by atoms with E-state index in [9.17, 15) is 4.79 Å². The van der Waals surface area contributed by atoms with Crippen molar-refractivity contribution >= 4 is 17.2 Å². The van der Waals surface area contributed by atoms with Crippen LogP contribution in [0.4, 0.5) is 0 Å². The molecule has 2 rings (SSSR count). The average Bonchev–Trinajstić information content (AvgIpc) is 3.02. The van der Waals surface area contributed by atoms with Crippen LogP contribution in [0.15, 0.2) is 12.1 Å². The number of likely N-dealkylation sites (tertiary alicyclic amines) is 1. The quantitative estimate of drug-likeness (QED) is 0.844. The molecule has 1 fully saturated rings. The van der Waals surface area contributed by atoms with Gasteiger partial charge in [-0.05, 0) is 38.3 Å². The number of rotatable bonds is 2. The lowest BCUT2D eigenvalue weighted by Gasteiger charge is -2.27. The minimum absolute atomic E-state index is 0.124. The summed E-state index contributed by atoms with van der Waals surface area (Å²) >= 11 is 1.41. The Balaban J connectivity index is 2.17. The summed E-state index contributed by atoms with van der Waals surface area (Å²) in [5.41, 5.74) is 0. The molecule has 1 saturated heterocycles. The van der Waals surface area contributed by atoms with E-state index in [0.717, 1.165) is 29.0 Å². The molecule has 1 aliphatic rings. The zero-order valence-corrected chi connectivity index (χ0v) is 12.2. The smallest absolute Gasteiger partial charge is 0.264 e. The lowest BCUT2D eigenvalue weighted by Crippen LogP contribution is -2.39. The van der Waals surface area contributed by atoms with E-state index in [-0.39, 0.29) is 12.5 Å². The van der Waals surface area contributed by atoms with E-state index in [0.29, 0.717) is 12.1 Å². The lowest BCUT2D eigenvalue weighted by molar-refractivity contribution is 0.0681. The Kier molecular flexibility index (Phi) is 4.62. The number of hydrogen-bond donors (Lipinski definition) is 1. The van der Waals surface area contributed by atoms with Crippen LogP contribution in [0.5, 0.6) is 0 Å². The van der Waals surface area contributed by atoms with Gasteiger partial charge in [-0.25, -0.2) is 0 Å². The summed E-state index contributed by atoms with van der Waals surface area (Å²) in [7, 11) is 0. The topological polar surface area (TPSA) is 40.5 Å². The second-order valence-electron chi connectivity index (χ2n) is 4.82. The van der Waals surface area contributed by atoms with Crippen LogP contribution in [-0.4, -0.2) is 34.6 Å². The predicted molar refractivity (Wildman–Crippen MR) is 77.2 cm³/mol. The molecule has 0 bridgehead atoms. The molecule has 2 unspecified atom stereocenters. The molecule has 1 aromatic rings. The summed E-state index contributed by atoms with van der Waals surface area (Å²) in [5.74, 6) is 5.57. The van der Waals surface area contributed by atoms with E-state index in [1.165, 1.54) is 11.3 Å². The van der Waals surface area contributed by atoms with Crippen molar-refractivity contribution in [1.82, 2.24) is 4.90 Å². The van der Waals surface area contributed by atoms with E-state index in [2.05, 4.69) is 25.7 Å². The Morgan fingerprint density at radius 3 is 3.00 bits per heavy atom. The Labute approximate surface area is 118 Å². The average molecular weight is 277 g/mol. The van der Waals surface area contributed by atoms with Crippen molar-refractivity contribution < 1.29 is 9.90 Å². The van der Waals surface area contributed by atoms with Gasteiger partial charge in [0, 0.05) is 12.1 Å². The van der Waals surface area contributed by atoms with Gasteiger partial charge in [-0.1, -0.05) is 18.8 Å². The van der Waals surface area contributed by atoms with Crippen molar-refractivity contribution in [3.8, 4) is 11.8 Å². The van der Waals surface area contributed by atoms with Crippen molar-refractivity contribution in [2.24, 2.45) is 0 Å². The SMILES string of the molecule is CCC1CCC(C)N1C(=O)c1ccc(C#CCO)s1. The zero-order chi connectivity index (χ0) is 13.8. The molecular weight excluding hydrogens is 258 g/mol. The molecule has 1 N–H and O–H groups in total. The lowest BCUT2D eigenvalue weighted by atomic mass is 10.1. The first kappa shape index (κ1) is 14.1. The maximum atomic E-state index is 12.6. The number of carbonyl (C=O) groups excluding carboxylic acids is 1. The number of hydrogen-bond acceptors (Lipinski definition) is 3. The summed E-state index contributed by atoms with van der Waals surface area (Å²) < 4.78 is 0. The first-order valence-electron chi connectivity index (χ1n) is 6.69. The fourth-order valence-corrected chi connectivity index (χ4v) is 3.44. The normalized spacial score (nSPS) is 22.2. The summed E-state index contributed by atoms with van der Waals surface area (Å²) in [6, 6.07) is 4.39. The standard InChI is InChI=1S/C15H19NO2S/c1-3-12-7-6-11(2)16(12)15(18)14-9-8-13(19-14)5-4-10-17/h8-9,11-12,17H,3,6-7,10H2,1-2H3. The van der Waals surface area contributed by atoms with Crippen LogP contribution in [0.1, 0.15) is 47.7 Å². The summed E-state index contributed by atoms with van der Waals surface area (Å²) in [6.45, 7) is 4.10. The van der Waals surface area contributed by atoms with Gasteiger partial charge in [0.15, 0.2) is 0 Å². The van der Waals surface area contributed by atoms with E-state index in [4.69, 9.17) is 5.11 Å². The number of amides is 1. The largest absolute Gasteiger partial charge is 0.384 e. The minimum Gasteiger partial charge on any atom is -0.384 e. The van der Waals surface area contributed by atoms with Crippen LogP contribution >= 0.6 is 11.3 Å². The second-order valence-corrected chi connectivity index (χ2v) is 5.91. The highest BCUT2D eigenvalue weighted by molar-refractivity contribution is 7.14. The third-order valence-corrected chi connectivity index (χ3v) is 4.59. The molecule has 3 nitrogen and oxygen atoms in total. The van der Waals surface area contributed by atoms with Gasteiger partial charge in [0.25, 0.3) is 5.91 Å². The monoisotopic (exact) mass is 277 g/mol.